The lowest BCUT2D eigenvalue weighted by molar-refractivity contribution is -0.188. The van der Waals surface area contributed by atoms with E-state index in [1.165, 1.54) is 19.3 Å². The molecule has 6 nitrogen and oxygen atoms in total. The fraction of sp³-hybridized carbons (Fsp3) is 0.909. The largest absolute Gasteiger partial charge is 0.371 e. The molecule has 28 heavy (non-hydrogen) atoms. The van der Waals surface area contributed by atoms with Crippen LogP contribution in [0, 0.1) is 29.1 Å². The molecule has 0 N–H and O–H groups in total. The average molecular weight is 391 g/mol. The lowest BCUT2D eigenvalue weighted by atomic mass is 9.49. The maximum Gasteiger partial charge on any atom is 0.248 e. The summed E-state index contributed by atoms with van der Waals surface area (Å²) in [5.74, 6) is 3.06. The van der Waals surface area contributed by atoms with Gasteiger partial charge in [0, 0.05) is 26.6 Å². The first-order valence-electron chi connectivity index (χ1n) is 11.1. The molecule has 4 aliphatic carbocycles. The van der Waals surface area contributed by atoms with Crippen LogP contribution in [0.1, 0.15) is 44.9 Å². The third-order valence-corrected chi connectivity index (χ3v) is 8.34. The highest BCUT2D eigenvalue weighted by molar-refractivity contribution is 5.84. The molecule has 2 amide bonds. The van der Waals surface area contributed by atoms with E-state index in [1.807, 2.05) is 0 Å². The van der Waals surface area contributed by atoms with Crippen LogP contribution < -0.4 is 0 Å². The molecule has 0 radical (unpaired) electrons. The lowest BCUT2D eigenvalue weighted by Crippen LogP contribution is -2.69. The molecule has 1 spiro atoms. The van der Waals surface area contributed by atoms with Crippen molar-refractivity contribution in [3.05, 3.63) is 0 Å². The Morgan fingerprint density at radius 3 is 2.25 bits per heavy atom. The summed E-state index contributed by atoms with van der Waals surface area (Å²) in [7, 11) is 3.48. The Labute approximate surface area is 167 Å². The van der Waals surface area contributed by atoms with Gasteiger partial charge in [-0.3, -0.25) is 9.59 Å². The number of rotatable bonds is 5. The number of amides is 2. The minimum atomic E-state index is -0.237. The minimum Gasteiger partial charge on any atom is -0.371 e. The van der Waals surface area contributed by atoms with Gasteiger partial charge in [-0.1, -0.05) is 0 Å². The molecule has 6 heteroatoms. The second-order valence-electron chi connectivity index (χ2n) is 10.6. The highest BCUT2D eigenvalue weighted by Crippen LogP contribution is 2.61. The van der Waals surface area contributed by atoms with Crippen LogP contribution in [0.25, 0.3) is 0 Å². The number of carbonyl (C=O) groups is 2. The molecule has 1 atom stereocenters. The van der Waals surface area contributed by atoms with E-state index in [-0.39, 0.29) is 29.4 Å². The summed E-state index contributed by atoms with van der Waals surface area (Å²) in [6, 6.07) is 0. The van der Waals surface area contributed by atoms with Crippen LogP contribution in [0.5, 0.6) is 0 Å². The molecule has 0 aromatic carbocycles. The summed E-state index contributed by atoms with van der Waals surface area (Å²) < 4.78 is 11.8. The molecule has 0 aromatic heterocycles. The molecule has 6 fully saturated rings. The van der Waals surface area contributed by atoms with E-state index in [1.54, 1.807) is 19.0 Å². The maximum atomic E-state index is 13.5. The van der Waals surface area contributed by atoms with Crippen molar-refractivity contribution >= 4 is 11.8 Å². The highest BCUT2D eigenvalue weighted by atomic mass is 16.5. The van der Waals surface area contributed by atoms with E-state index in [2.05, 4.69) is 4.90 Å². The van der Waals surface area contributed by atoms with Crippen molar-refractivity contribution < 1.29 is 19.1 Å². The average Bonchev–Trinajstić information content (AvgIpc) is 3.02. The van der Waals surface area contributed by atoms with Gasteiger partial charge in [0.05, 0.1) is 25.1 Å². The molecule has 2 heterocycles. The van der Waals surface area contributed by atoms with Crippen molar-refractivity contribution in [2.45, 2.75) is 50.5 Å². The van der Waals surface area contributed by atoms with Crippen LogP contribution in [-0.2, 0) is 19.1 Å². The zero-order chi connectivity index (χ0) is 19.5. The Bertz CT molecular complexity index is 620. The number of hydrogen-bond acceptors (Lipinski definition) is 4. The summed E-state index contributed by atoms with van der Waals surface area (Å²) in [5.41, 5.74) is -0.293. The van der Waals surface area contributed by atoms with Gasteiger partial charge in [-0.2, -0.15) is 0 Å². The number of carbonyl (C=O) groups excluding carboxylic acids is 2. The number of hydrogen-bond donors (Lipinski definition) is 0. The second-order valence-corrected chi connectivity index (χ2v) is 10.6. The van der Waals surface area contributed by atoms with Gasteiger partial charge in [0.2, 0.25) is 11.8 Å². The van der Waals surface area contributed by atoms with Gasteiger partial charge in [-0.25, -0.2) is 0 Å². The Morgan fingerprint density at radius 2 is 1.68 bits per heavy atom. The van der Waals surface area contributed by atoms with Crippen molar-refractivity contribution in [3.63, 3.8) is 0 Å². The first-order valence-corrected chi connectivity index (χ1v) is 11.1. The molecule has 6 rings (SSSR count). The number of nitrogens with zero attached hydrogens (tertiary/aromatic N) is 2. The third kappa shape index (κ3) is 2.98. The standard InChI is InChI=1S/C22H34N2O4/c1-23(2)19(25)12-27-11-18-3-4-28-22(18)13-24(14-22)20(26)21-8-15-5-16(9-21)7-17(6-15)10-21/h15-18H,3-14H2,1-2H3/t15?,16?,17?,18-,21?/m0/s1. The van der Waals surface area contributed by atoms with Gasteiger partial charge in [-0.15, -0.1) is 0 Å². The Hall–Kier alpha value is -1.14. The van der Waals surface area contributed by atoms with Crippen molar-refractivity contribution in [2.24, 2.45) is 29.1 Å². The van der Waals surface area contributed by atoms with Crippen LogP contribution in [0.15, 0.2) is 0 Å². The summed E-state index contributed by atoms with van der Waals surface area (Å²) in [5, 5.41) is 0. The van der Waals surface area contributed by atoms with Crippen LogP contribution in [0.3, 0.4) is 0 Å². The van der Waals surface area contributed by atoms with Crippen LogP contribution in [0.2, 0.25) is 0 Å². The van der Waals surface area contributed by atoms with Crippen LogP contribution >= 0.6 is 0 Å². The molecule has 2 saturated heterocycles. The molecule has 0 unspecified atom stereocenters. The van der Waals surface area contributed by atoms with Crippen LogP contribution in [-0.4, -0.2) is 74.2 Å². The first kappa shape index (κ1) is 18.9. The van der Waals surface area contributed by atoms with Gasteiger partial charge < -0.3 is 19.3 Å². The topological polar surface area (TPSA) is 59.1 Å². The summed E-state index contributed by atoms with van der Waals surface area (Å²) in [4.78, 5) is 28.8. The van der Waals surface area contributed by atoms with E-state index in [0.29, 0.717) is 25.6 Å². The van der Waals surface area contributed by atoms with Crippen molar-refractivity contribution in [1.29, 1.82) is 0 Å². The van der Waals surface area contributed by atoms with E-state index in [0.717, 1.165) is 50.0 Å². The van der Waals surface area contributed by atoms with Gasteiger partial charge in [0.1, 0.15) is 12.2 Å². The second kappa shape index (κ2) is 6.69. The predicted octanol–water partition coefficient (Wildman–Crippen LogP) is 1.93. The van der Waals surface area contributed by atoms with Gasteiger partial charge in [-0.05, 0) is 62.7 Å². The normalized spacial score (nSPS) is 40.0. The Balaban J connectivity index is 1.18. The summed E-state index contributed by atoms with van der Waals surface area (Å²) in [6.45, 7) is 2.82. The van der Waals surface area contributed by atoms with Crippen LogP contribution in [0.4, 0.5) is 0 Å². The quantitative estimate of drug-likeness (QED) is 0.720. The molecule has 0 aromatic rings. The first-order chi connectivity index (χ1) is 13.4. The molecule has 4 saturated carbocycles. The summed E-state index contributed by atoms with van der Waals surface area (Å²) >= 11 is 0. The van der Waals surface area contributed by atoms with Gasteiger partial charge in [0.25, 0.3) is 0 Å². The van der Waals surface area contributed by atoms with Gasteiger partial charge in [0.15, 0.2) is 0 Å². The van der Waals surface area contributed by atoms with E-state index < -0.39 is 0 Å². The molecule has 4 bridgehead atoms. The van der Waals surface area contributed by atoms with E-state index in [9.17, 15) is 9.59 Å². The van der Waals surface area contributed by atoms with Crippen molar-refractivity contribution in [2.75, 3.05) is 47.0 Å². The summed E-state index contributed by atoms with van der Waals surface area (Å²) in [6.07, 6.45) is 8.43. The zero-order valence-corrected chi connectivity index (χ0v) is 17.3. The van der Waals surface area contributed by atoms with Crippen molar-refractivity contribution in [1.82, 2.24) is 9.80 Å². The van der Waals surface area contributed by atoms with E-state index in [4.69, 9.17) is 9.47 Å². The smallest absolute Gasteiger partial charge is 0.248 e. The molecule has 2 aliphatic heterocycles. The fourth-order valence-corrected chi connectivity index (χ4v) is 7.24. The fourth-order valence-electron chi connectivity index (χ4n) is 7.24. The lowest BCUT2D eigenvalue weighted by Gasteiger charge is -2.59. The van der Waals surface area contributed by atoms with E-state index >= 15 is 0 Å². The van der Waals surface area contributed by atoms with Gasteiger partial charge >= 0.3 is 0 Å². The number of likely N-dealkylation sites (N-methyl/N-ethyl adjacent to an activating group) is 1. The molecule has 6 aliphatic rings. The molecular formula is C22H34N2O4. The molecule has 156 valence electrons. The Morgan fingerprint density at radius 1 is 1.07 bits per heavy atom. The zero-order valence-electron chi connectivity index (χ0n) is 17.3. The van der Waals surface area contributed by atoms with Crippen molar-refractivity contribution in [3.8, 4) is 0 Å². The highest BCUT2D eigenvalue weighted by Gasteiger charge is 2.60. The monoisotopic (exact) mass is 390 g/mol. The number of ether oxygens (including phenoxy) is 2. The maximum absolute atomic E-state index is 13.5. The SMILES string of the molecule is CN(C)C(=O)COC[C@@H]1CCOC12CN(C(=O)C13CC4CC(CC(C4)C1)C3)C2. The Kier molecular flexibility index (Phi) is 4.51. The minimum absolute atomic E-state index is 0.0137. The number of likely N-dealkylation sites (tertiary alicyclic amines) is 1. The molecular weight excluding hydrogens is 356 g/mol. The third-order valence-electron chi connectivity index (χ3n) is 8.34. The predicted molar refractivity (Wildman–Crippen MR) is 103 cm³/mol.